The van der Waals surface area contributed by atoms with E-state index >= 15 is 0 Å². The van der Waals surface area contributed by atoms with E-state index in [-0.39, 0.29) is 19.2 Å². The molecule has 0 bridgehead atoms. The number of ether oxygens (including phenoxy) is 2. The number of rotatable bonds is 43. The highest BCUT2D eigenvalue weighted by molar-refractivity contribution is 5.69. The van der Waals surface area contributed by atoms with Crippen molar-refractivity contribution in [2.75, 3.05) is 19.8 Å². The molecule has 0 rings (SSSR count). The van der Waals surface area contributed by atoms with Crippen LogP contribution in [0.15, 0.2) is 97.2 Å². The maximum absolute atomic E-state index is 12.3. The van der Waals surface area contributed by atoms with E-state index in [0.717, 1.165) is 77.0 Å². The number of allylic oxidation sites excluding steroid dienone is 16. The predicted octanol–water partition coefficient (Wildman–Crippen LogP) is 16.1. The molecule has 0 aromatic carbocycles. The van der Waals surface area contributed by atoms with Crippen molar-refractivity contribution >= 4 is 5.97 Å². The van der Waals surface area contributed by atoms with Crippen LogP contribution in [0.1, 0.15) is 206 Å². The number of hydrogen-bond acceptors (Lipinski definition) is 4. The van der Waals surface area contributed by atoms with Crippen molar-refractivity contribution in [3.05, 3.63) is 97.2 Å². The summed E-state index contributed by atoms with van der Waals surface area (Å²) in [4.78, 5) is 12.3. The van der Waals surface area contributed by atoms with Crippen LogP contribution in [0.25, 0.3) is 0 Å². The van der Waals surface area contributed by atoms with Gasteiger partial charge >= 0.3 is 5.97 Å². The maximum atomic E-state index is 12.3. The molecule has 57 heavy (non-hydrogen) atoms. The molecule has 0 amide bonds. The first-order chi connectivity index (χ1) is 28.2. The minimum absolute atomic E-state index is 0.187. The summed E-state index contributed by atoms with van der Waals surface area (Å²) in [6.45, 7) is 5.18. The second kappa shape index (κ2) is 49.5. The highest BCUT2D eigenvalue weighted by Crippen LogP contribution is 2.13. The third-order valence-corrected chi connectivity index (χ3v) is 9.89. The Hall–Kier alpha value is -2.69. The summed E-state index contributed by atoms with van der Waals surface area (Å²) in [5.41, 5.74) is 0. The van der Waals surface area contributed by atoms with Crippen LogP contribution in [0, 0.1) is 0 Å². The Morgan fingerprint density at radius 2 is 0.789 bits per heavy atom. The van der Waals surface area contributed by atoms with Crippen LogP contribution in [0.5, 0.6) is 0 Å². The van der Waals surface area contributed by atoms with Gasteiger partial charge < -0.3 is 14.6 Å². The van der Waals surface area contributed by atoms with Crippen LogP contribution in [-0.2, 0) is 14.3 Å². The third kappa shape index (κ3) is 47.6. The van der Waals surface area contributed by atoms with E-state index in [2.05, 4.69) is 111 Å². The molecular weight excluding hydrogens is 701 g/mol. The Balaban J connectivity index is 3.52. The van der Waals surface area contributed by atoms with Crippen LogP contribution < -0.4 is 0 Å². The molecular formula is C53H90O4. The van der Waals surface area contributed by atoms with Gasteiger partial charge in [-0.25, -0.2) is 0 Å². The summed E-state index contributed by atoms with van der Waals surface area (Å²) < 4.78 is 11.2. The number of unbranched alkanes of at least 4 members (excludes halogenated alkanes) is 19. The van der Waals surface area contributed by atoms with E-state index in [1.165, 1.54) is 109 Å². The van der Waals surface area contributed by atoms with Crippen LogP contribution >= 0.6 is 0 Å². The fourth-order valence-electron chi connectivity index (χ4n) is 6.36. The zero-order valence-electron chi connectivity index (χ0n) is 37.3. The molecule has 1 atom stereocenters. The lowest BCUT2D eigenvalue weighted by molar-refractivity contribution is -0.154. The van der Waals surface area contributed by atoms with Gasteiger partial charge in [-0.2, -0.15) is 0 Å². The van der Waals surface area contributed by atoms with Gasteiger partial charge in [0.2, 0.25) is 0 Å². The Labute approximate surface area is 353 Å². The van der Waals surface area contributed by atoms with Gasteiger partial charge in [0.15, 0.2) is 0 Å². The maximum Gasteiger partial charge on any atom is 0.306 e. The molecule has 0 saturated carbocycles. The first-order valence-electron chi connectivity index (χ1n) is 23.8. The van der Waals surface area contributed by atoms with Gasteiger partial charge in [0.25, 0.3) is 0 Å². The van der Waals surface area contributed by atoms with Crippen molar-refractivity contribution in [2.24, 2.45) is 0 Å². The standard InChI is InChI=1S/C53H90O4/c1-3-5-7-9-11-13-15-17-19-21-23-25-27-28-30-32-34-36-38-40-42-44-46-48-53(55)57-52(50-54)51-56-49-47-45-43-41-39-37-35-33-31-29-26-24-22-20-18-16-14-12-10-8-6-4-2/h6,8,12,14-15,17-18,20-21,23-24,26-28,31,33,52,54H,3-5,7,9-11,13,16,19,22,25,29-30,32,34-51H2,1-2H3/b8-6-,14-12-,17-15-,20-18-,23-21-,26-24-,28-27-,33-31-. The minimum Gasteiger partial charge on any atom is -0.457 e. The van der Waals surface area contributed by atoms with Crippen molar-refractivity contribution in [1.82, 2.24) is 0 Å². The molecule has 4 nitrogen and oxygen atoms in total. The van der Waals surface area contributed by atoms with Crippen LogP contribution in [0.3, 0.4) is 0 Å². The Kier molecular flexibility index (Phi) is 47.1. The molecule has 1 N–H and O–H groups in total. The molecule has 0 spiro atoms. The molecule has 0 aliphatic heterocycles. The van der Waals surface area contributed by atoms with Crippen LogP contribution in [0.4, 0.5) is 0 Å². The number of carbonyl (C=O) groups is 1. The lowest BCUT2D eigenvalue weighted by atomic mass is 10.1. The van der Waals surface area contributed by atoms with Gasteiger partial charge in [0.05, 0.1) is 13.2 Å². The fourth-order valence-corrected chi connectivity index (χ4v) is 6.36. The lowest BCUT2D eigenvalue weighted by Crippen LogP contribution is -2.27. The summed E-state index contributed by atoms with van der Waals surface area (Å²) in [7, 11) is 0. The van der Waals surface area contributed by atoms with Crippen LogP contribution in [0.2, 0.25) is 0 Å². The van der Waals surface area contributed by atoms with Gasteiger partial charge in [0, 0.05) is 13.0 Å². The number of aliphatic hydroxyl groups excluding tert-OH is 1. The largest absolute Gasteiger partial charge is 0.457 e. The van der Waals surface area contributed by atoms with Crippen molar-refractivity contribution in [3.63, 3.8) is 0 Å². The number of aliphatic hydroxyl groups is 1. The molecule has 0 aliphatic carbocycles. The zero-order valence-corrected chi connectivity index (χ0v) is 37.3. The smallest absolute Gasteiger partial charge is 0.306 e. The summed E-state index contributed by atoms with van der Waals surface area (Å²) >= 11 is 0. The van der Waals surface area contributed by atoms with Crippen molar-refractivity contribution in [2.45, 2.75) is 213 Å². The van der Waals surface area contributed by atoms with Crippen molar-refractivity contribution < 1.29 is 19.4 Å². The molecule has 0 heterocycles. The van der Waals surface area contributed by atoms with Gasteiger partial charge in [-0.05, 0) is 96.3 Å². The van der Waals surface area contributed by atoms with E-state index in [9.17, 15) is 9.90 Å². The molecule has 4 heteroatoms. The number of esters is 1. The van der Waals surface area contributed by atoms with Gasteiger partial charge in [-0.3, -0.25) is 4.79 Å². The first-order valence-corrected chi connectivity index (χ1v) is 23.8. The third-order valence-electron chi connectivity index (χ3n) is 9.89. The Bertz CT molecular complexity index is 1060. The number of carbonyl (C=O) groups excluding carboxylic acids is 1. The van der Waals surface area contributed by atoms with Crippen LogP contribution in [-0.4, -0.2) is 37.0 Å². The molecule has 0 saturated heterocycles. The molecule has 0 aliphatic rings. The molecule has 0 radical (unpaired) electrons. The Morgan fingerprint density at radius 3 is 1.19 bits per heavy atom. The molecule has 326 valence electrons. The second-order valence-electron chi connectivity index (χ2n) is 15.4. The zero-order chi connectivity index (χ0) is 41.2. The Morgan fingerprint density at radius 1 is 0.439 bits per heavy atom. The molecule has 0 fully saturated rings. The topological polar surface area (TPSA) is 55.8 Å². The SMILES string of the molecule is CC/C=C\C/C=C\C/C=C\C/C=C\C/C=C\CCCCCCCCOCC(CO)OC(=O)CCCCCCCCCC/C=C\C/C=C\C/C=C\CCCCCCC. The van der Waals surface area contributed by atoms with Crippen molar-refractivity contribution in [3.8, 4) is 0 Å². The quantitative estimate of drug-likeness (QED) is 0.0380. The average Bonchev–Trinajstić information content (AvgIpc) is 3.22. The monoisotopic (exact) mass is 791 g/mol. The lowest BCUT2D eigenvalue weighted by Gasteiger charge is -2.15. The normalized spacial score (nSPS) is 13.2. The second-order valence-corrected chi connectivity index (χ2v) is 15.4. The first kappa shape index (κ1) is 54.3. The van der Waals surface area contributed by atoms with Gasteiger partial charge in [-0.1, -0.05) is 201 Å². The van der Waals surface area contributed by atoms with Gasteiger partial charge in [-0.15, -0.1) is 0 Å². The molecule has 1 unspecified atom stereocenters. The van der Waals surface area contributed by atoms with Crippen molar-refractivity contribution in [1.29, 1.82) is 0 Å². The minimum atomic E-state index is -0.554. The summed E-state index contributed by atoms with van der Waals surface area (Å²) in [5.74, 6) is -0.217. The van der Waals surface area contributed by atoms with Gasteiger partial charge in [0.1, 0.15) is 6.10 Å². The van der Waals surface area contributed by atoms with E-state index in [4.69, 9.17) is 9.47 Å². The number of hydrogen-bond donors (Lipinski definition) is 1. The summed E-state index contributed by atoms with van der Waals surface area (Å²) in [6.07, 6.45) is 70.5. The average molecular weight is 791 g/mol. The predicted molar refractivity (Wildman–Crippen MR) is 251 cm³/mol. The highest BCUT2D eigenvalue weighted by atomic mass is 16.6. The summed E-state index contributed by atoms with van der Waals surface area (Å²) in [6, 6.07) is 0. The molecule has 0 aromatic heterocycles. The fraction of sp³-hybridized carbons (Fsp3) is 0.679. The highest BCUT2D eigenvalue weighted by Gasteiger charge is 2.13. The van der Waals surface area contributed by atoms with E-state index in [0.29, 0.717) is 13.0 Å². The van der Waals surface area contributed by atoms with E-state index < -0.39 is 6.10 Å². The molecule has 0 aromatic rings. The summed E-state index contributed by atoms with van der Waals surface area (Å²) in [5, 5.41) is 9.64. The van der Waals surface area contributed by atoms with E-state index in [1.54, 1.807) is 0 Å². The van der Waals surface area contributed by atoms with E-state index in [1.807, 2.05) is 0 Å².